The van der Waals surface area contributed by atoms with Gasteiger partial charge < -0.3 is 15.2 Å². The van der Waals surface area contributed by atoms with Crippen LogP contribution in [0.4, 0.5) is 0 Å². The molecule has 0 spiro atoms. The molecule has 1 saturated heterocycles. The second kappa shape index (κ2) is 6.10. The van der Waals surface area contributed by atoms with Crippen LogP contribution in [0.3, 0.4) is 0 Å². The van der Waals surface area contributed by atoms with Gasteiger partial charge in [0.15, 0.2) is 6.29 Å². The highest BCUT2D eigenvalue weighted by Crippen LogP contribution is 2.25. The zero-order valence-corrected chi connectivity index (χ0v) is 10.2. The van der Waals surface area contributed by atoms with Crippen LogP contribution in [0, 0.1) is 0 Å². The first kappa shape index (κ1) is 12.5. The molecule has 2 N–H and O–H groups in total. The molecular weight excluding hydrogens is 216 g/mol. The van der Waals surface area contributed by atoms with Gasteiger partial charge >= 0.3 is 0 Å². The van der Waals surface area contributed by atoms with Gasteiger partial charge in [-0.25, -0.2) is 0 Å². The number of ether oxygens (including phenoxy) is 1. The van der Waals surface area contributed by atoms with Crippen molar-refractivity contribution in [2.24, 2.45) is 0 Å². The predicted molar refractivity (Wildman–Crippen MR) is 65.4 cm³/mol. The third kappa shape index (κ3) is 3.49. The van der Waals surface area contributed by atoms with Gasteiger partial charge in [0.1, 0.15) is 6.10 Å². The van der Waals surface area contributed by atoms with Crippen molar-refractivity contribution in [1.82, 2.24) is 10.3 Å². The fourth-order valence-electron chi connectivity index (χ4n) is 2.26. The van der Waals surface area contributed by atoms with E-state index in [2.05, 4.69) is 10.3 Å². The predicted octanol–water partition coefficient (Wildman–Crippen LogP) is 1.62. The molecule has 17 heavy (non-hydrogen) atoms. The van der Waals surface area contributed by atoms with Crippen LogP contribution in [0.2, 0.25) is 0 Å². The standard InChI is InChI=1S/C13H20N2O2/c1-10(16)17-13(11-6-2-4-8-14-11)12-7-3-5-9-15-12/h2,4,6,8,10,12-13,15-16H,3,5,7,9H2,1H3. The summed E-state index contributed by atoms with van der Waals surface area (Å²) in [6.07, 6.45) is 4.29. The molecule has 1 aliphatic heterocycles. The van der Waals surface area contributed by atoms with Crippen molar-refractivity contribution in [3.05, 3.63) is 30.1 Å². The Morgan fingerprint density at radius 1 is 1.47 bits per heavy atom. The molecule has 3 unspecified atom stereocenters. The van der Waals surface area contributed by atoms with Gasteiger partial charge in [0.05, 0.1) is 5.69 Å². The first-order valence-corrected chi connectivity index (χ1v) is 6.25. The Labute approximate surface area is 102 Å². The number of nitrogens with zero attached hydrogens (tertiary/aromatic N) is 1. The van der Waals surface area contributed by atoms with Crippen LogP contribution in [-0.4, -0.2) is 29.0 Å². The van der Waals surface area contributed by atoms with E-state index >= 15 is 0 Å². The molecule has 2 rings (SSSR count). The fourth-order valence-corrected chi connectivity index (χ4v) is 2.26. The number of hydrogen-bond acceptors (Lipinski definition) is 4. The van der Waals surface area contributed by atoms with Gasteiger partial charge in [-0.15, -0.1) is 0 Å². The molecule has 0 aromatic carbocycles. The zero-order valence-electron chi connectivity index (χ0n) is 10.2. The fraction of sp³-hybridized carbons (Fsp3) is 0.615. The van der Waals surface area contributed by atoms with Crippen LogP contribution in [0.15, 0.2) is 24.4 Å². The molecule has 1 fully saturated rings. The zero-order chi connectivity index (χ0) is 12.1. The minimum absolute atomic E-state index is 0.170. The molecule has 94 valence electrons. The highest BCUT2D eigenvalue weighted by molar-refractivity contribution is 5.10. The quantitative estimate of drug-likeness (QED) is 0.780. The van der Waals surface area contributed by atoms with Gasteiger partial charge in [0, 0.05) is 12.2 Å². The number of piperidine rings is 1. The molecule has 0 radical (unpaired) electrons. The minimum Gasteiger partial charge on any atom is -0.368 e. The maximum atomic E-state index is 9.44. The van der Waals surface area contributed by atoms with E-state index in [-0.39, 0.29) is 12.1 Å². The van der Waals surface area contributed by atoms with E-state index in [0.717, 1.165) is 18.7 Å². The highest BCUT2D eigenvalue weighted by atomic mass is 16.6. The summed E-state index contributed by atoms with van der Waals surface area (Å²) in [5.41, 5.74) is 0.882. The third-order valence-electron chi connectivity index (χ3n) is 3.04. The summed E-state index contributed by atoms with van der Waals surface area (Å²) in [6.45, 7) is 2.65. The Hall–Kier alpha value is -0.970. The van der Waals surface area contributed by atoms with E-state index in [9.17, 15) is 5.11 Å². The summed E-state index contributed by atoms with van der Waals surface area (Å²) >= 11 is 0. The lowest BCUT2D eigenvalue weighted by atomic mass is 9.97. The molecule has 2 heterocycles. The maximum absolute atomic E-state index is 9.44. The van der Waals surface area contributed by atoms with Crippen LogP contribution in [-0.2, 0) is 4.74 Å². The van der Waals surface area contributed by atoms with E-state index in [1.54, 1.807) is 13.1 Å². The minimum atomic E-state index is -0.772. The molecule has 0 amide bonds. The highest BCUT2D eigenvalue weighted by Gasteiger charge is 2.27. The number of pyridine rings is 1. The molecule has 0 aliphatic carbocycles. The average Bonchev–Trinajstić information content (AvgIpc) is 2.38. The van der Waals surface area contributed by atoms with Gasteiger partial charge in [0.2, 0.25) is 0 Å². The van der Waals surface area contributed by atoms with Crippen LogP contribution in [0.1, 0.15) is 38.0 Å². The maximum Gasteiger partial charge on any atom is 0.152 e. The Kier molecular flexibility index (Phi) is 4.48. The molecule has 3 atom stereocenters. The van der Waals surface area contributed by atoms with Gasteiger partial charge in [-0.1, -0.05) is 12.5 Å². The summed E-state index contributed by atoms with van der Waals surface area (Å²) < 4.78 is 5.61. The molecule has 4 heteroatoms. The Morgan fingerprint density at radius 3 is 2.94 bits per heavy atom. The van der Waals surface area contributed by atoms with Crippen molar-refractivity contribution in [1.29, 1.82) is 0 Å². The topological polar surface area (TPSA) is 54.4 Å². The Bertz CT molecular complexity index is 323. The van der Waals surface area contributed by atoms with E-state index in [1.165, 1.54) is 12.8 Å². The summed E-state index contributed by atoms with van der Waals surface area (Å²) in [5.74, 6) is 0. The van der Waals surface area contributed by atoms with Gasteiger partial charge in [-0.2, -0.15) is 0 Å². The average molecular weight is 236 g/mol. The van der Waals surface area contributed by atoms with E-state index in [1.807, 2.05) is 18.2 Å². The summed E-state index contributed by atoms with van der Waals surface area (Å²) in [6, 6.07) is 6.03. The number of aliphatic hydroxyl groups is 1. The van der Waals surface area contributed by atoms with Crippen molar-refractivity contribution in [2.75, 3.05) is 6.54 Å². The molecule has 4 nitrogen and oxygen atoms in total. The van der Waals surface area contributed by atoms with Crippen molar-refractivity contribution in [3.63, 3.8) is 0 Å². The van der Waals surface area contributed by atoms with E-state index in [0.29, 0.717) is 0 Å². The summed E-state index contributed by atoms with van der Waals surface area (Å²) in [7, 11) is 0. The first-order chi connectivity index (χ1) is 8.27. The Morgan fingerprint density at radius 2 is 2.35 bits per heavy atom. The number of nitrogens with one attached hydrogen (secondary N) is 1. The van der Waals surface area contributed by atoms with Crippen molar-refractivity contribution < 1.29 is 9.84 Å². The van der Waals surface area contributed by atoms with E-state index < -0.39 is 6.29 Å². The monoisotopic (exact) mass is 236 g/mol. The van der Waals surface area contributed by atoms with Crippen LogP contribution in [0.5, 0.6) is 0 Å². The molecular formula is C13H20N2O2. The van der Waals surface area contributed by atoms with Crippen molar-refractivity contribution in [3.8, 4) is 0 Å². The first-order valence-electron chi connectivity index (χ1n) is 6.25. The number of rotatable bonds is 4. The second-order valence-corrected chi connectivity index (χ2v) is 4.47. The smallest absolute Gasteiger partial charge is 0.152 e. The lowest BCUT2D eigenvalue weighted by Crippen LogP contribution is -2.41. The molecule has 1 aromatic heterocycles. The molecule has 0 saturated carbocycles. The van der Waals surface area contributed by atoms with Crippen LogP contribution >= 0.6 is 0 Å². The number of aliphatic hydroxyl groups excluding tert-OH is 1. The van der Waals surface area contributed by atoms with Gasteiger partial charge in [0.25, 0.3) is 0 Å². The van der Waals surface area contributed by atoms with Gasteiger partial charge in [-0.3, -0.25) is 4.98 Å². The number of aromatic nitrogens is 1. The summed E-state index contributed by atoms with van der Waals surface area (Å²) in [5, 5.41) is 12.9. The lowest BCUT2D eigenvalue weighted by Gasteiger charge is -2.31. The lowest BCUT2D eigenvalue weighted by molar-refractivity contribution is -0.138. The van der Waals surface area contributed by atoms with Crippen molar-refractivity contribution in [2.45, 2.75) is 44.6 Å². The van der Waals surface area contributed by atoms with Crippen LogP contribution < -0.4 is 5.32 Å². The molecule has 1 aliphatic rings. The summed E-state index contributed by atoms with van der Waals surface area (Å²) in [4.78, 5) is 4.33. The molecule has 0 bridgehead atoms. The van der Waals surface area contributed by atoms with E-state index in [4.69, 9.17) is 4.74 Å². The second-order valence-electron chi connectivity index (χ2n) is 4.47. The van der Waals surface area contributed by atoms with Gasteiger partial charge in [-0.05, 0) is 38.4 Å². The van der Waals surface area contributed by atoms with Crippen molar-refractivity contribution >= 4 is 0 Å². The Balaban J connectivity index is 2.12. The third-order valence-corrected chi connectivity index (χ3v) is 3.04. The molecule has 1 aromatic rings. The van der Waals surface area contributed by atoms with Crippen LogP contribution in [0.25, 0.3) is 0 Å². The number of hydrogen-bond donors (Lipinski definition) is 2. The SMILES string of the molecule is CC(O)OC(c1ccccn1)C1CCCCN1. The normalized spacial score (nSPS) is 24.2. The largest absolute Gasteiger partial charge is 0.368 e.